The van der Waals surface area contributed by atoms with Gasteiger partial charge >= 0.3 is 0 Å². The fraction of sp³-hybridized carbons (Fsp3) is 0.364. The molecule has 6 heteroatoms. The zero-order valence-electron chi connectivity index (χ0n) is 9.90. The van der Waals surface area contributed by atoms with E-state index >= 15 is 0 Å². The molecule has 1 N–H and O–H groups in total. The summed E-state index contributed by atoms with van der Waals surface area (Å²) in [5.74, 6) is 0.539. The Hall–Kier alpha value is -1.14. The molecule has 90 valence electrons. The molecule has 4 nitrogen and oxygen atoms in total. The molecule has 0 bridgehead atoms. The summed E-state index contributed by atoms with van der Waals surface area (Å²) < 4.78 is 0.848. The van der Waals surface area contributed by atoms with Gasteiger partial charge in [0.15, 0.2) is 10.1 Å². The second-order valence-corrected chi connectivity index (χ2v) is 6.19. The average Bonchev–Trinajstić information content (AvgIpc) is 2.81. The Bertz CT molecular complexity index is 545. The van der Waals surface area contributed by atoms with Crippen LogP contribution in [0.15, 0.2) is 10.4 Å². The van der Waals surface area contributed by atoms with Crippen LogP contribution in [0, 0.1) is 20.8 Å². The van der Waals surface area contributed by atoms with Crippen molar-refractivity contribution in [3.8, 4) is 0 Å². The highest BCUT2D eigenvalue weighted by Crippen LogP contribution is 2.23. The van der Waals surface area contributed by atoms with Crippen LogP contribution >= 0.6 is 23.1 Å². The fourth-order valence-electron chi connectivity index (χ4n) is 1.56. The molecule has 2 aromatic rings. The molecule has 17 heavy (non-hydrogen) atoms. The molecule has 2 rings (SSSR count). The van der Waals surface area contributed by atoms with E-state index in [0.29, 0.717) is 5.75 Å². The lowest BCUT2D eigenvalue weighted by Crippen LogP contribution is -2.02. The van der Waals surface area contributed by atoms with Crippen LogP contribution < -0.4 is 0 Å². The molecule has 0 atom stereocenters. The van der Waals surface area contributed by atoms with Gasteiger partial charge in [0.25, 0.3) is 0 Å². The minimum Gasteiger partial charge on any atom is -0.362 e. The molecule has 0 aromatic carbocycles. The molecule has 0 aliphatic rings. The monoisotopic (exact) mass is 267 g/mol. The Morgan fingerprint density at radius 2 is 2.18 bits per heavy atom. The van der Waals surface area contributed by atoms with E-state index in [1.54, 1.807) is 0 Å². The Balaban J connectivity index is 2.00. The summed E-state index contributed by atoms with van der Waals surface area (Å²) >= 11 is 2.96. The second-order valence-electron chi connectivity index (χ2n) is 3.79. The molecule has 0 aliphatic heterocycles. The first kappa shape index (κ1) is 12.3. The Morgan fingerprint density at radius 3 is 2.71 bits per heavy atom. The molecule has 0 radical (unpaired) electrons. The van der Waals surface area contributed by atoms with Crippen molar-refractivity contribution < 1.29 is 4.79 Å². The van der Waals surface area contributed by atoms with E-state index in [-0.39, 0.29) is 5.78 Å². The zero-order valence-corrected chi connectivity index (χ0v) is 11.5. The smallest absolute Gasteiger partial charge is 0.174 e. The molecular weight excluding hydrogens is 254 g/mol. The maximum atomic E-state index is 12.0. The molecule has 0 fully saturated rings. The van der Waals surface area contributed by atoms with Crippen LogP contribution in [-0.2, 0) is 0 Å². The summed E-state index contributed by atoms with van der Waals surface area (Å²) in [6.07, 6.45) is 0. The Labute approximate surface area is 108 Å². The standard InChI is InChI=1S/C11H13N3OS2/c1-6-4-9(7(2)12-6)10(15)5-16-11-14-13-8(3)17-11/h4,12H,5H2,1-3H3. The lowest BCUT2D eigenvalue weighted by atomic mass is 10.2. The highest BCUT2D eigenvalue weighted by molar-refractivity contribution is 8.01. The van der Waals surface area contributed by atoms with Crippen molar-refractivity contribution in [3.05, 3.63) is 28.0 Å². The van der Waals surface area contributed by atoms with Crippen LogP contribution in [0.3, 0.4) is 0 Å². The van der Waals surface area contributed by atoms with Gasteiger partial charge in [0.1, 0.15) is 5.01 Å². The minimum atomic E-state index is 0.129. The molecule has 0 aliphatic carbocycles. The van der Waals surface area contributed by atoms with Crippen molar-refractivity contribution in [1.82, 2.24) is 15.2 Å². The van der Waals surface area contributed by atoms with Gasteiger partial charge in [0.2, 0.25) is 0 Å². The van der Waals surface area contributed by atoms with Crippen molar-refractivity contribution >= 4 is 28.9 Å². The van der Waals surface area contributed by atoms with Crippen molar-refractivity contribution in [2.45, 2.75) is 25.1 Å². The quantitative estimate of drug-likeness (QED) is 0.683. The third-order valence-corrected chi connectivity index (χ3v) is 4.26. The largest absolute Gasteiger partial charge is 0.362 e. The number of hydrogen-bond acceptors (Lipinski definition) is 5. The van der Waals surface area contributed by atoms with E-state index in [2.05, 4.69) is 15.2 Å². The SMILES string of the molecule is Cc1cc(C(=O)CSc2nnc(C)s2)c(C)[nH]1. The van der Waals surface area contributed by atoms with Crippen molar-refractivity contribution in [2.24, 2.45) is 0 Å². The van der Waals surface area contributed by atoms with Crippen molar-refractivity contribution in [3.63, 3.8) is 0 Å². The van der Waals surface area contributed by atoms with Gasteiger partial charge in [-0.25, -0.2) is 0 Å². The normalized spacial score (nSPS) is 10.8. The fourth-order valence-corrected chi connectivity index (χ4v) is 3.25. The molecular formula is C11H13N3OS2. The summed E-state index contributed by atoms with van der Waals surface area (Å²) in [6, 6.07) is 1.89. The van der Waals surface area contributed by atoms with E-state index in [4.69, 9.17) is 0 Å². The third-order valence-electron chi connectivity index (χ3n) is 2.28. The van der Waals surface area contributed by atoms with E-state index in [1.165, 1.54) is 23.1 Å². The first-order valence-electron chi connectivity index (χ1n) is 5.18. The van der Waals surface area contributed by atoms with E-state index in [0.717, 1.165) is 26.3 Å². The van der Waals surface area contributed by atoms with E-state index < -0.39 is 0 Å². The lowest BCUT2D eigenvalue weighted by molar-refractivity contribution is 0.102. The number of carbonyl (C=O) groups excluding carboxylic acids is 1. The van der Waals surface area contributed by atoms with Gasteiger partial charge in [-0.2, -0.15) is 0 Å². The van der Waals surface area contributed by atoms with Crippen LogP contribution in [0.25, 0.3) is 0 Å². The highest BCUT2D eigenvalue weighted by Gasteiger charge is 2.13. The zero-order chi connectivity index (χ0) is 12.4. The number of aryl methyl sites for hydroxylation is 3. The van der Waals surface area contributed by atoms with Crippen LogP contribution in [0.1, 0.15) is 26.8 Å². The van der Waals surface area contributed by atoms with Crippen molar-refractivity contribution in [1.29, 1.82) is 0 Å². The molecule has 2 heterocycles. The number of nitrogens with zero attached hydrogens (tertiary/aromatic N) is 2. The predicted octanol–water partition coefficient (Wildman–Crippen LogP) is 2.77. The third kappa shape index (κ3) is 2.95. The van der Waals surface area contributed by atoms with Gasteiger partial charge in [-0.15, -0.1) is 10.2 Å². The van der Waals surface area contributed by atoms with Gasteiger partial charge < -0.3 is 4.98 Å². The van der Waals surface area contributed by atoms with Gasteiger partial charge in [0.05, 0.1) is 5.75 Å². The number of carbonyl (C=O) groups is 1. The molecule has 0 saturated heterocycles. The molecule has 0 amide bonds. The van der Waals surface area contributed by atoms with Crippen LogP contribution in [0.2, 0.25) is 0 Å². The van der Waals surface area contributed by atoms with Crippen LogP contribution in [-0.4, -0.2) is 26.7 Å². The number of rotatable bonds is 4. The van der Waals surface area contributed by atoms with Crippen LogP contribution in [0.5, 0.6) is 0 Å². The lowest BCUT2D eigenvalue weighted by Gasteiger charge is -1.97. The van der Waals surface area contributed by atoms with Gasteiger partial charge in [-0.05, 0) is 26.8 Å². The average molecular weight is 267 g/mol. The number of hydrogen-bond donors (Lipinski definition) is 1. The Morgan fingerprint density at radius 1 is 1.41 bits per heavy atom. The summed E-state index contributed by atoms with van der Waals surface area (Å²) in [5.41, 5.74) is 2.72. The molecule has 0 saturated carbocycles. The number of thioether (sulfide) groups is 1. The maximum absolute atomic E-state index is 12.0. The number of aromatic amines is 1. The summed E-state index contributed by atoms with van der Waals surface area (Å²) in [5, 5.41) is 8.82. The van der Waals surface area contributed by atoms with E-state index in [9.17, 15) is 4.79 Å². The van der Waals surface area contributed by atoms with Gasteiger partial charge in [-0.1, -0.05) is 23.1 Å². The summed E-state index contributed by atoms with van der Waals surface area (Å²) in [4.78, 5) is 15.1. The number of ketones is 1. The first-order chi connectivity index (χ1) is 8.06. The van der Waals surface area contributed by atoms with Gasteiger partial charge in [0, 0.05) is 17.0 Å². The summed E-state index contributed by atoms with van der Waals surface area (Å²) in [7, 11) is 0. The minimum absolute atomic E-state index is 0.129. The van der Waals surface area contributed by atoms with Crippen LogP contribution in [0.4, 0.5) is 0 Å². The molecule has 0 unspecified atom stereocenters. The number of Topliss-reactive ketones (excluding diaryl/α,β-unsaturated/α-hetero) is 1. The number of aromatic nitrogens is 3. The topological polar surface area (TPSA) is 58.6 Å². The van der Waals surface area contributed by atoms with Crippen molar-refractivity contribution in [2.75, 3.05) is 5.75 Å². The number of nitrogens with one attached hydrogen (secondary N) is 1. The van der Waals surface area contributed by atoms with E-state index in [1.807, 2.05) is 26.8 Å². The Kier molecular flexibility index (Phi) is 3.63. The summed E-state index contributed by atoms with van der Waals surface area (Å²) in [6.45, 7) is 5.77. The molecule has 0 spiro atoms. The van der Waals surface area contributed by atoms with Gasteiger partial charge in [-0.3, -0.25) is 4.79 Å². The second kappa shape index (κ2) is 5.01. The maximum Gasteiger partial charge on any atom is 0.174 e. The highest BCUT2D eigenvalue weighted by atomic mass is 32.2. The number of H-pyrrole nitrogens is 1. The first-order valence-corrected chi connectivity index (χ1v) is 6.99. The predicted molar refractivity (Wildman–Crippen MR) is 70.0 cm³/mol. The molecule has 2 aromatic heterocycles.